The molecule has 21 aromatic carbocycles. The van der Waals surface area contributed by atoms with E-state index < -0.39 is 8.07 Å². The van der Waals surface area contributed by atoms with Crippen molar-refractivity contribution in [2.75, 3.05) is 0 Å². The van der Waals surface area contributed by atoms with E-state index >= 15 is 0 Å². The van der Waals surface area contributed by atoms with Crippen molar-refractivity contribution in [1.82, 2.24) is 4.57 Å². The number of hydrogen-bond donors (Lipinski definition) is 0. The van der Waals surface area contributed by atoms with E-state index in [0.717, 1.165) is 0 Å². The molecule has 3 heterocycles. The molecule has 0 aliphatic carbocycles. The van der Waals surface area contributed by atoms with Crippen molar-refractivity contribution in [3.05, 3.63) is 443 Å². The highest BCUT2D eigenvalue weighted by Crippen LogP contribution is 2.45. The monoisotopic (exact) mass is 1520 g/mol. The molecule has 0 atom stereocenters. The van der Waals surface area contributed by atoms with Crippen LogP contribution < -0.4 is 20.7 Å². The van der Waals surface area contributed by atoms with E-state index in [4.69, 9.17) is 0 Å². The largest absolute Gasteiger partial charge is 0.309 e. The molecule has 0 amide bonds. The van der Waals surface area contributed by atoms with E-state index in [1.54, 1.807) is 0 Å². The van der Waals surface area contributed by atoms with Gasteiger partial charge >= 0.3 is 0 Å². The van der Waals surface area contributed by atoms with Gasteiger partial charge in [0.15, 0.2) is 8.07 Å². The summed E-state index contributed by atoms with van der Waals surface area (Å²) in [5.74, 6) is 0. The lowest BCUT2D eigenvalue weighted by molar-refractivity contribution is 1.18. The van der Waals surface area contributed by atoms with E-state index in [1.165, 1.54) is 208 Å². The average molecular weight is 1530 g/mol. The standard InChI is InChI=1S/C42H29NSSi.C40H26.C30H18S/c1-3-16-31(17-4-1)45(32-18-5-2-6-19-32,41-28-14-24-37-36-23-9-12-27-40(36)44-42(37)41)33-20-13-15-30(29-33)43-38-25-10-7-21-34(38)35-22-8-11-26-39(35)43;1-2-9-28-22-31(17-16-27(28)8-1)33-21-20-32-23-30(18-19-34(32)24-33)29-11-7-12-35(25-29)40-26-36-10-3-4-13-37(36)38-14-5-6-15-39(38)40;1-2-10-23-21(8-1)22-9-3-4-11-24(22)28-18-19(16-17-25(23)28)20-13-7-14-27-26-12-5-6-15-29(26)31-30(20)27/h1-29H;1-26H;1-18H. The number of nitrogens with zero attached hydrogens (tertiary/aromatic N) is 1. The molecule has 0 N–H and O–H groups in total. The van der Waals surface area contributed by atoms with Crippen LogP contribution in [-0.4, -0.2) is 12.6 Å². The van der Waals surface area contributed by atoms with Crippen LogP contribution in [0.1, 0.15) is 0 Å². The van der Waals surface area contributed by atoms with Crippen molar-refractivity contribution in [3.8, 4) is 50.2 Å². The molecule has 0 saturated carbocycles. The van der Waals surface area contributed by atoms with E-state index in [2.05, 4.69) is 447 Å². The minimum absolute atomic E-state index is 1.19. The van der Waals surface area contributed by atoms with Crippen LogP contribution >= 0.6 is 22.7 Å². The van der Waals surface area contributed by atoms with Gasteiger partial charge in [-0.15, -0.1) is 22.7 Å². The second kappa shape index (κ2) is 28.8. The first-order valence-corrected chi connectivity index (χ1v) is 43.5. The van der Waals surface area contributed by atoms with Gasteiger partial charge in [-0.3, -0.25) is 0 Å². The van der Waals surface area contributed by atoms with Crippen molar-refractivity contribution in [3.63, 3.8) is 0 Å². The maximum Gasteiger partial charge on any atom is 0.181 e. The maximum atomic E-state index is 2.48. The molecule has 1 nitrogen and oxygen atoms in total. The Kier molecular flexibility index (Phi) is 17.1. The van der Waals surface area contributed by atoms with Crippen LogP contribution in [0.15, 0.2) is 443 Å². The Hall–Kier alpha value is -14.1. The van der Waals surface area contributed by atoms with Crippen LogP contribution in [0.4, 0.5) is 0 Å². The van der Waals surface area contributed by atoms with Crippen LogP contribution in [0.25, 0.3) is 188 Å². The van der Waals surface area contributed by atoms with E-state index in [0.29, 0.717) is 0 Å². The Morgan fingerprint density at radius 3 is 1.18 bits per heavy atom. The summed E-state index contributed by atoms with van der Waals surface area (Å²) in [6.07, 6.45) is 0. The zero-order valence-corrected chi connectivity index (χ0v) is 66.0. The van der Waals surface area contributed by atoms with Crippen molar-refractivity contribution in [2.24, 2.45) is 0 Å². The molecule has 24 rings (SSSR count). The van der Waals surface area contributed by atoms with E-state index in [9.17, 15) is 0 Å². The second-order valence-electron chi connectivity index (χ2n) is 30.4. The molecule has 0 aliphatic heterocycles. The van der Waals surface area contributed by atoms with Gasteiger partial charge in [0.2, 0.25) is 0 Å². The predicted octanol–water partition coefficient (Wildman–Crippen LogP) is 29.0. The molecule has 116 heavy (non-hydrogen) atoms. The Morgan fingerprint density at radius 1 is 0.181 bits per heavy atom. The van der Waals surface area contributed by atoms with Gasteiger partial charge < -0.3 is 4.57 Å². The second-order valence-corrected chi connectivity index (χ2v) is 36.3. The molecule has 0 fully saturated rings. The molecule has 0 saturated heterocycles. The van der Waals surface area contributed by atoms with Crippen molar-refractivity contribution >= 4 is 189 Å². The number of hydrogen-bond acceptors (Lipinski definition) is 2. The van der Waals surface area contributed by atoms with Crippen LogP contribution in [0.5, 0.6) is 0 Å². The molecular weight excluding hydrogens is 1450 g/mol. The van der Waals surface area contributed by atoms with Crippen LogP contribution in [0.2, 0.25) is 0 Å². The highest BCUT2D eigenvalue weighted by Gasteiger charge is 2.43. The summed E-state index contributed by atoms with van der Waals surface area (Å²) in [6, 6.07) is 163. The highest BCUT2D eigenvalue weighted by molar-refractivity contribution is 7.30. The van der Waals surface area contributed by atoms with Gasteiger partial charge in [0, 0.05) is 56.8 Å². The summed E-state index contributed by atoms with van der Waals surface area (Å²) in [5, 5.41) is 31.7. The van der Waals surface area contributed by atoms with Gasteiger partial charge in [0.05, 0.1) is 11.0 Å². The molecule has 3 aromatic heterocycles. The number of aromatic nitrogens is 1. The van der Waals surface area contributed by atoms with Gasteiger partial charge in [-0.2, -0.15) is 0 Å². The minimum atomic E-state index is -2.81. The molecule has 0 radical (unpaired) electrons. The topological polar surface area (TPSA) is 4.93 Å². The first-order valence-electron chi connectivity index (χ1n) is 39.9. The summed E-state index contributed by atoms with van der Waals surface area (Å²) in [5.41, 5.74) is 13.7. The van der Waals surface area contributed by atoms with Gasteiger partial charge in [-0.25, -0.2) is 0 Å². The summed E-state index contributed by atoms with van der Waals surface area (Å²) < 4.78 is 7.89. The number of rotatable bonds is 9. The number of benzene rings is 21. The normalized spacial score (nSPS) is 11.8. The molecule has 0 bridgehead atoms. The molecule has 0 aliphatic rings. The fraction of sp³-hybridized carbons (Fsp3) is 0. The quantitative estimate of drug-likeness (QED) is 0.0771. The summed E-state index contributed by atoms with van der Waals surface area (Å²) in [7, 11) is -2.81. The zero-order chi connectivity index (χ0) is 76.6. The smallest absolute Gasteiger partial charge is 0.181 e. The highest BCUT2D eigenvalue weighted by atomic mass is 32.1. The lowest BCUT2D eigenvalue weighted by atomic mass is 9.91. The molecule has 4 heteroatoms. The van der Waals surface area contributed by atoms with Gasteiger partial charge in [0.1, 0.15) is 0 Å². The van der Waals surface area contributed by atoms with Crippen molar-refractivity contribution in [1.29, 1.82) is 0 Å². The first kappa shape index (κ1) is 68.7. The predicted molar refractivity (Wildman–Crippen MR) is 507 cm³/mol. The van der Waals surface area contributed by atoms with E-state index in [-0.39, 0.29) is 0 Å². The molecule has 24 aromatic rings. The van der Waals surface area contributed by atoms with E-state index in [1.807, 2.05) is 22.7 Å². The van der Waals surface area contributed by atoms with Gasteiger partial charge in [-0.05, 0) is 213 Å². The Labute approximate surface area is 681 Å². The van der Waals surface area contributed by atoms with Gasteiger partial charge in [-0.1, -0.05) is 370 Å². The third-order valence-electron chi connectivity index (χ3n) is 24.0. The SMILES string of the molecule is c1cc(-c2ccc3cc(-c4ccc5ccccc5c4)ccc3c2)cc(-c2cc3ccccc3c3ccccc23)c1.c1ccc([Si](c2ccccc2)(c2cccc(-n3c4ccccc4c4ccccc43)c2)c2cccc3c2sc2ccccc23)cc1.c1ccc2c(c1)sc1c(-c3ccc4c5ccccc5c5ccccc5c4c3)cccc12. The van der Waals surface area contributed by atoms with Crippen LogP contribution in [0, 0.1) is 0 Å². The van der Waals surface area contributed by atoms with Crippen LogP contribution in [0.3, 0.4) is 0 Å². The Morgan fingerprint density at radius 2 is 0.569 bits per heavy atom. The summed E-state index contributed by atoms with van der Waals surface area (Å²) in [4.78, 5) is 0. The average Bonchev–Trinajstić information content (AvgIpc) is 1.33. The lowest BCUT2D eigenvalue weighted by Crippen LogP contribution is -2.74. The first-order chi connectivity index (χ1) is 57.5. The fourth-order valence-electron chi connectivity index (χ4n) is 18.6. The Balaban J connectivity index is 0.000000107. The maximum absolute atomic E-state index is 2.81. The van der Waals surface area contributed by atoms with Crippen LogP contribution in [-0.2, 0) is 0 Å². The zero-order valence-electron chi connectivity index (χ0n) is 63.4. The third kappa shape index (κ3) is 11.7. The van der Waals surface area contributed by atoms with Gasteiger partial charge in [0.25, 0.3) is 0 Å². The fourth-order valence-corrected chi connectivity index (χ4v) is 26.5. The number of para-hydroxylation sites is 2. The third-order valence-corrected chi connectivity index (χ3v) is 31.4. The summed E-state index contributed by atoms with van der Waals surface area (Å²) >= 11 is 3.83. The van der Waals surface area contributed by atoms with Crippen molar-refractivity contribution < 1.29 is 0 Å². The summed E-state index contributed by atoms with van der Waals surface area (Å²) in [6.45, 7) is 0. The Bertz CT molecular complexity index is 7860. The van der Waals surface area contributed by atoms with Crippen molar-refractivity contribution in [2.45, 2.75) is 0 Å². The molecule has 0 spiro atoms. The molecular formula is C112H73NS2Si. The number of fused-ring (bicyclic) bond motifs is 20. The number of thiophene rings is 2. The molecule has 0 unspecified atom stereocenters. The lowest BCUT2D eigenvalue weighted by Gasteiger charge is -2.35. The minimum Gasteiger partial charge on any atom is -0.309 e. The molecule has 542 valence electrons.